The Morgan fingerprint density at radius 3 is 2.76 bits per heavy atom. The summed E-state index contributed by atoms with van der Waals surface area (Å²) in [5.74, 6) is -0.219. The van der Waals surface area contributed by atoms with E-state index in [0.29, 0.717) is 11.5 Å². The third kappa shape index (κ3) is 2.36. The monoisotopic (exact) mass is 249 g/mol. The van der Waals surface area contributed by atoms with Crippen molar-refractivity contribution in [1.29, 1.82) is 5.41 Å². The highest BCUT2D eigenvalue weighted by atomic mass is 35.5. The van der Waals surface area contributed by atoms with Crippen LogP contribution in [0.2, 0.25) is 5.02 Å². The number of hydrogen-bond donors (Lipinski definition) is 2. The molecule has 0 aromatic carbocycles. The molecule has 86 valence electrons. The van der Waals surface area contributed by atoms with Gasteiger partial charge in [0, 0.05) is 24.8 Å². The molecule has 0 fully saturated rings. The second-order valence-corrected chi connectivity index (χ2v) is 3.63. The Morgan fingerprint density at radius 1 is 1.35 bits per heavy atom. The summed E-state index contributed by atoms with van der Waals surface area (Å²) in [5.41, 5.74) is 0.0976. The van der Waals surface area contributed by atoms with Gasteiger partial charge in [-0.2, -0.15) is 0 Å². The van der Waals surface area contributed by atoms with Crippen molar-refractivity contribution in [3.05, 3.63) is 51.7 Å². The van der Waals surface area contributed by atoms with Crippen LogP contribution < -0.4 is 5.56 Å². The zero-order valence-corrected chi connectivity index (χ0v) is 9.35. The predicted molar refractivity (Wildman–Crippen MR) is 62.5 cm³/mol. The lowest BCUT2D eigenvalue weighted by Crippen LogP contribution is -2.16. The van der Waals surface area contributed by atoms with Crippen molar-refractivity contribution in [2.24, 2.45) is 0 Å². The molecule has 0 amide bonds. The largest absolute Gasteiger partial charge is 0.312 e. The summed E-state index contributed by atoms with van der Waals surface area (Å²) in [6, 6.07) is 0. The van der Waals surface area contributed by atoms with E-state index in [0.717, 1.165) is 6.21 Å². The zero-order valence-electron chi connectivity index (χ0n) is 8.59. The summed E-state index contributed by atoms with van der Waals surface area (Å²) in [4.78, 5) is 25.8. The van der Waals surface area contributed by atoms with Gasteiger partial charge in [-0.25, -0.2) is 4.98 Å². The van der Waals surface area contributed by atoms with Crippen molar-refractivity contribution in [3.8, 4) is 0 Å². The molecule has 6 nitrogen and oxygen atoms in total. The zero-order chi connectivity index (χ0) is 12.3. The highest BCUT2D eigenvalue weighted by Crippen LogP contribution is 2.15. The lowest BCUT2D eigenvalue weighted by molar-refractivity contribution is 0.865. The van der Waals surface area contributed by atoms with Crippen LogP contribution in [-0.2, 0) is 0 Å². The van der Waals surface area contributed by atoms with Gasteiger partial charge in [-0.05, 0) is 0 Å². The van der Waals surface area contributed by atoms with Gasteiger partial charge in [-0.3, -0.25) is 14.8 Å². The number of aromatic amines is 1. The molecule has 0 radical (unpaired) electrons. The van der Waals surface area contributed by atoms with E-state index in [1.54, 1.807) is 0 Å². The van der Waals surface area contributed by atoms with Gasteiger partial charge in [0.2, 0.25) is 0 Å². The second-order valence-electron chi connectivity index (χ2n) is 3.22. The van der Waals surface area contributed by atoms with Crippen LogP contribution in [0.1, 0.15) is 17.4 Å². The van der Waals surface area contributed by atoms with E-state index in [2.05, 4.69) is 19.9 Å². The first kappa shape index (κ1) is 11.4. The summed E-state index contributed by atoms with van der Waals surface area (Å²) in [6.45, 7) is 0. The number of halogens is 1. The van der Waals surface area contributed by atoms with Crippen LogP contribution in [-0.4, -0.2) is 26.2 Å². The topological polar surface area (TPSA) is 95.4 Å². The number of nitrogens with one attached hydrogen (secondary N) is 2. The fourth-order valence-corrected chi connectivity index (χ4v) is 1.42. The number of H-pyrrole nitrogens is 1. The minimum absolute atomic E-state index is 0.0108. The molecule has 2 rings (SSSR count). The van der Waals surface area contributed by atoms with Gasteiger partial charge >= 0.3 is 0 Å². The second kappa shape index (κ2) is 4.84. The Kier molecular flexibility index (Phi) is 3.24. The maximum Gasteiger partial charge on any atom is 0.269 e. The van der Waals surface area contributed by atoms with E-state index >= 15 is 0 Å². The van der Waals surface area contributed by atoms with Crippen LogP contribution in [0.25, 0.3) is 0 Å². The average Bonchev–Trinajstić information content (AvgIpc) is 2.36. The first-order valence-electron chi connectivity index (χ1n) is 4.73. The van der Waals surface area contributed by atoms with Crippen LogP contribution in [0.15, 0.2) is 29.6 Å². The number of hydrogen-bond acceptors (Lipinski definition) is 5. The van der Waals surface area contributed by atoms with E-state index in [1.807, 2.05) is 0 Å². The molecular weight excluding hydrogens is 242 g/mol. The Balaban J connectivity index is 2.46. The normalized spacial score (nSPS) is 12.1. The molecule has 17 heavy (non-hydrogen) atoms. The van der Waals surface area contributed by atoms with Gasteiger partial charge in [0.1, 0.15) is 10.8 Å². The van der Waals surface area contributed by atoms with Crippen LogP contribution in [0, 0.1) is 5.41 Å². The molecule has 0 spiro atoms. The lowest BCUT2D eigenvalue weighted by Gasteiger charge is -2.09. The number of aromatic nitrogens is 4. The highest BCUT2D eigenvalue weighted by Gasteiger charge is 2.16. The highest BCUT2D eigenvalue weighted by molar-refractivity contribution is 6.30. The van der Waals surface area contributed by atoms with Crippen molar-refractivity contribution in [1.82, 2.24) is 19.9 Å². The van der Waals surface area contributed by atoms with E-state index in [4.69, 9.17) is 17.0 Å². The van der Waals surface area contributed by atoms with Crippen molar-refractivity contribution >= 4 is 17.8 Å². The molecule has 2 heterocycles. The molecule has 1 atom stereocenters. The summed E-state index contributed by atoms with van der Waals surface area (Å²) in [6.07, 6.45) is 6.95. The minimum atomic E-state index is -0.534. The molecule has 0 aliphatic carbocycles. The third-order valence-electron chi connectivity index (χ3n) is 2.14. The van der Waals surface area contributed by atoms with E-state index < -0.39 is 11.5 Å². The van der Waals surface area contributed by atoms with Gasteiger partial charge in [-0.15, -0.1) is 0 Å². The van der Waals surface area contributed by atoms with Gasteiger partial charge in [-0.1, -0.05) is 11.6 Å². The molecule has 0 aliphatic rings. The first-order chi connectivity index (χ1) is 8.22. The van der Waals surface area contributed by atoms with E-state index in [9.17, 15) is 4.79 Å². The number of nitrogens with zero attached hydrogens (tertiary/aromatic N) is 3. The standard InChI is InChI=1S/C10H8ClN5O/c11-7-4-15-9(16-10(7)17)6(3-12)8-5-13-1-2-14-8/h1-6,12H,(H,15,16,17). The summed E-state index contributed by atoms with van der Waals surface area (Å²) in [7, 11) is 0. The van der Waals surface area contributed by atoms with Gasteiger partial charge in [0.15, 0.2) is 0 Å². The van der Waals surface area contributed by atoms with Crippen LogP contribution in [0.4, 0.5) is 0 Å². The van der Waals surface area contributed by atoms with Crippen LogP contribution in [0.5, 0.6) is 0 Å². The van der Waals surface area contributed by atoms with E-state index in [1.165, 1.54) is 24.8 Å². The summed E-state index contributed by atoms with van der Waals surface area (Å²) >= 11 is 5.58. The molecule has 0 saturated carbocycles. The third-order valence-corrected chi connectivity index (χ3v) is 2.41. The smallest absolute Gasteiger partial charge is 0.269 e. The van der Waals surface area contributed by atoms with Crippen LogP contribution >= 0.6 is 11.6 Å². The molecule has 7 heteroatoms. The fourth-order valence-electron chi connectivity index (χ4n) is 1.33. The minimum Gasteiger partial charge on any atom is -0.312 e. The fraction of sp³-hybridized carbons (Fsp3) is 0.100. The predicted octanol–water partition coefficient (Wildman–Crippen LogP) is 0.995. The maximum atomic E-state index is 11.4. The number of rotatable bonds is 3. The van der Waals surface area contributed by atoms with Crippen molar-refractivity contribution in [2.75, 3.05) is 0 Å². The molecule has 0 saturated heterocycles. The van der Waals surface area contributed by atoms with Gasteiger partial charge in [0.25, 0.3) is 5.56 Å². The average molecular weight is 250 g/mol. The van der Waals surface area contributed by atoms with Crippen molar-refractivity contribution in [2.45, 2.75) is 5.92 Å². The first-order valence-corrected chi connectivity index (χ1v) is 5.11. The van der Waals surface area contributed by atoms with Gasteiger partial charge in [0.05, 0.1) is 17.8 Å². The van der Waals surface area contributed by atoms with Crippen molar-refractivity contribution < 1.29 is 0 Å². The maximum absolute atomic E-state index is 11.4. The molecule has 0 aliphatic heterocycles. The van der Waals surface area contributed by atoms with Gasteiger partial charge < -0.3 is 10.4 Å². The summed E-state index contributed by atoms with van der Waals surface area (Å²) in [5, 5.41) is 7.38. The Bertz CT molecular complexity index is 583. The quantitative estimate of drug-likeness (QED) is 0.793. The van der Waals surface area contributed by atoms with Crippen LogP contribution in [0.3, 0.4) is 0 Å². The molecule has 0 bridgehead atoms. The SMILES string of the molecule is N=CC(c1cnccn1)c1ncc(Cl)c(=O)[nH]1. The molecular formula is C10H8ClN5O. The Labute approximate surface area is 101 Å². The Morgan fingerprint density at radius 2 is 2.18 bits per heavy atom. The summed E-state index contributed by atoms with van der Waals surface area (Å²) < 4.78 is 0. The molecule has 2 aromatic rings. The Hall–Kier alpha value is -2.08. The molecule has 2 N–H and O–H groups in total. The molecule has 1 unspecified atom stereocenters. The lowest BCUT2D eigenvalue weighted by atomic mass is 10.1. The van der Waals surface area contributed by atoms with E-state index in [-0.39, 0.29) is 5.02 Å². The molecule has 2 aromatic heterocycles. The van der Waals surface area contributed by atoms with Crippen molar-refractivity contribution in [3.63, 3.8) is 0 Å².